The van der Waals surface area contributed by atoms with Crippen molar-refractivity contribution in [3.63, 3.8) is 0 Å². The van der Waals surface area contributed by atoms with Crippen molar-refractivity contribution in [2.24, 2.45) is 0 Å². The first kappa shape index (κ1) is 12.3. The maximum atomic E-state index is 10.5. The van der Waals surface area contributed by atoms with Crippen LogP contribution in [0.4, 0.5) is 0 Å². The standard InChI is InChI=1S/C4H9I2NO3S/c1-4(2,7(5)6)3-11(8,9)10/h3H2,1-2H3,(H,8,9,10). The van der Waals surface area contributed by atoms with E-state index in [9.17, 15) is 8.42 Å². The number of hydrogen-bond donors (Lipinski definition) is 1. The summed E-state index contributed by atoms with van der Waals surface area (Å²) in [6.07, 6.45) is 0. The SMILES string of the molecule is CC(C)(CS(=O)(=O)O)N(I)I. The molecule has 0 aromatic carbocycles. The molecule has 0 aliphatic carbocycles. The molecule has 1 N–H and O–H groups in total. The molecule has 7 heteroatoms. The van der Waals surface area contributed by atoms with Gasteiger partial charge in [0.05, 0.1) is 11.3 Å². The highest BCUT2D eigenvalue weighted by Crippen LogP contribution is 2.25. The summed E-state index contributed by atoms with van der Waals surface area (Å²) >= 11 is 3.94. The van der Waals surface area contributed by atoms with Crippen molar-refractivity contribution in [1.82, 2.24) is 1.33 Å². The van der Waals surface area contributed by atoms with Gasteiger partial charge in [-0.2, -0.15) is 9.74 Å². The lowest BCUT2D eigenvalue weighted by Crippen LogP contribution is -2.37. The quantitative estimate of drug-likeness (QED) is 0.441. The molecule has 0 rings (SSSR count). The summed E-state index contributed by atoms with van der Waals surface area (Å²) in [7, 11) is -3.88. The Balaban J connectivity index is 4.38. The Morgan fingerprint density at radius 3 is 1.91 bits per heavy atom. The van der Waals surface area contributed by atoms with Crippen LogP contribution in [0.3, 0.4) is 0 Å². The maximum Gasteiger partial charge on any atom is 0.266 e. The first-order valence-electron chi connectivity index (χ1n) is 2.72. The fourth-order valence-electron chi connectivity index (χ4n) is 0.495. The first-order valence-corrected chi connectivity index (χ1v) is 6.26. The maximum absolute atomic E-state index is 10.5. The molecule has 0 aromatic rings. The highest BCUT2D eigenvalue weighted by molar-refractivity contribution is 14.2. The molecule has 0 fully saturated rings. The molecular weight excluding hydrogens is 396 g/mol. The fraction of sp³-hybridized carbons (Fsp3) is 1.00. The van der Waals surface area contributed by atoms with Crippen LogP contribution in [0.25, 0.3) is 0 Å². The van der Waals surface area contributed by atoms with Crippen molar-refractivity contribution in [1.29, 1.82) is 0 Å². The smallest absolute Gasteiger partial charge is 0.266 e. The number of nitrogens with zero attached hydrogens (tertiary/aromatic N) is 1. The number of hydrogen-bond acceptors (Lipinski definition) is 3. The zero-order chi connectivity index (χ0) is 9.28. The zero-order valence-electron chi connectivity index (χ0n) is 6.08. The molecule has 68 valence electrons. The monoisotopic (exact) mass is 405 g/mol. The summed E-state index contributed by atoms with van der Waals surface area (Å²) in [4.78, 5) is 0. The van der Waals surface area contributed by atoms with Crippen molar-refractivity contribution >= 4 is 55.8 Å². The normalized spacial score (nSPS) is 14.0. The predicted molar refractivity (Wildman–Crippen MR) is 60.4 cm³/mol. The molecule has 0 unspecified atom stereocenters. The van der Waals surface area contributed by atoms with E-state index in [2.05, 4.69) is 0 Å². The van der Waals surface area contributed by atoms with E-state index >= 15 is 0 Å². The van der Waals surface area contributed by atoms with E-state index in [1.165, 1.54) is 0 Å². The average Bonchev–Trinajstić information content (AvgIpc) is 1.56. The molecule has 0 saturated heterocycles. The Labute approximate surface area is 94.5 Å². The van der Waals surface area contributed by atoms with Crippen LogP contribution in [0, 0.1) is 0 Å². The van der Waals surface area contributed by atoms with Crippen LogP contribution in [-0.4, -0.2) is 25.6 Å². The van der Waals surface area contributed by atoms with Gasteiger partial charge in [0.2, 0.25) is 0 Å². The van der Waals surface area contributed by atoms with Crippen molar-refractivity contribution in [3.8, 4) is 0 Å². The molecule has 0 saturated carbocycles. The van der Waals surface area contributed by atoms with Crippen molar-refractivity contribution in [3.05, 3.63) is 0 Å². The highest BCUT2D eigenvalue weighted by atomic mass is 127. The van der Waals surface area contributed by atoms with E-state index in [1.54, 1.807) is 15.2 Å². The summed E-state index contributed by atoms with van der Waals surface area (Å²) in [6.45, 7) is 3.47. The second kappa shape index (κ2) is 4.03. The van der Waals surface area contributed by atoms with Crippen LogP contribution in [0.15, 0.2) is 0 Å². The number of halogens is 2. The zero-order valence-corrected chi connectivity index (χ0v) is 11.2. The fourth-order valence-corrected chi connectivity index (χ4v) is 2.32. The molecule has 4 nitrogen and oxygen atoms in total. The van der Waals surface area contributed by atoms with E-state index in [4.69, 9.17) is 4.55 Å². The minimum Gasteiger partial charge on any atom is -0.285 e. The third kappa shape index (κ3) is 5.55. The van der Waals surface area contributed by atoms with Gasteiger partial charge in [0.1, 0.15) is 0 Å². The third-order valence-electron chi connectivity index (χ3n) is 0.993. The van der Waals surface area contributed by atoms with Gasteiger partial charge in [-0.05, 0) is 13.8 Å². The Bertz CT molecular complexity index is 223. The molecule has 0 aliphatic rings. The minimum absolute atomic E-state index is 0.258. The van der Waals surface area contributed by atoms with Gasteiger partial charge in [0.15, 0.2) is 0 Å². The average molecular weight is 405 g/mol. The van der Waals surface area contributed by atoms with E-state index in [-0.39, 0.29) is 5.75 Å². The van der Waals surface area contributed by atoms with E-state index < -0.39 is 15.7 Å². The van der Waals surface area contributed by atoms with Gasteiger partial charge in [-0.15, -0.1) is 0 Å². The Morgan fingerprint density at radius 1 is 1.45 bits per heavy atom. The van der Waals surface area contributed by atoms with Crippen LogP contribution in [0.2, 0.25) is 0 Å². The summed E-state index contributed by atoms with van der Waals surface area (Å²) in [5.74, 6) is -0.258. The molecule has 0 bridgehead atoms. The number of rotatable bonds is 3. The third-order valence-corrected chi connectivity index (χ3v) is 4.68. The lowest BCUT2D eigenvalue weighted by atomic mass is 10.1. The largest absolute Gasteiger partial charge is 0.285 e. The summed E-state index contributed by atoms with van der Waals surface area (Å²) < 4.78 is 31.2. The molecule has 11 heavy (non-hydrogen) atoms. The van der Waals surface area contributed by atoms with E-state index in [0.717, 1.165) is 0 Å². The first-order chi connectivity index (χ1) is 4.65. The molecule has 0 spiro atoms. The lowest BCUT2D eigenvalue weighted by molar-refractivity contribution is 0.420. The van der Waals surface area contributed by atoms with E-state index in [0.29, 0.717) is 0 Å². The van der Waals surface area contributed by atoms with Gasteiger partial charge >= 0.3 is 0 Å². The van der Waals surface area contributed by atoms with Crippen LogP contribution in [0.5, 0.6) is 0 Å². The molecule has 0 heterocycles. The topological polar surface area (TPSA) is 57.6 Å². The lowest BCUT2D eigenvalue weighted by Gasteiger charge is -2.26. The predicted octanol–water partition coefficient (Wildman–Crippen LogP) is 1.65. The van der Waals surface area contributed by atoms with Gasteiger partial charge in [-0.25, -0.2) is 0 Å². The van der Waals surface area contributed by atoms with E-state index in [1.807, 2.05) is 45.7 Å². The van der Waals surface area contributed by atoms with Crippen molar-refractivity contribution < 1.29 is 13.0 Å². The molecule has 0 amide bonds. The summed E-state index contributed by atoms with van der Waals surface area (Å²) in [5, 5.41) is 0. The summed E-state index contributed by atoms with van der Waals surface area (Å²) in [5.41, 5.74) is -0.547. The molecule has 0 radical (unpaired) electrons. The van der Waals surface area contributed by atoms with Crippen LogP contribution in [0.1, 0.15) is 13.8 Å². The van der Waals surface area contributed by atoms with Crippen molar-refractivity contribution in [2.75, 3.05) is 5.75 Å². The van der Waals surface area contributed by atoms with Gasteiger partial charge in [0, 0.05) is 45.7 Å². The molecular formula is C4H9I2NO3S. The minimum atomic E-state index is -3.88. The second-order valence-electron chi connectivity index (χ2n) is 2.77. The molecule has 0 aromatic heterocycles. The van der Waals surface area contributed by atoms with Gasteiger partial charge in [-0.3, -0.25) is 4.55 Å². The molecule has 0 aliphatic heterocycles. The van der Waals surface area contributed by atoms with Crippen LogP contribution in [-0.2, 0) is 10.1 Å². The van der Waals surface area contributed by atoms with Crippen LogP contribution >= 0.6 is 45.7 Å². The Kier molecular flexibility index (Phi) is 4.51. The second-order valence-corrected chi connectivity index (χ2v) is 8.00. The summed E-state index contributed by atoms with van der Waals surface area (Å²) in [6, 6.07) is 0. The van der Waals surface area contributed by atoms with Crippen LogP contribution < -0.4 is 0 Å². The van der Waals surface area contributed by atoms with Gasteiger partial charge < -0.3 is 0 Å². The Hall–Kier alpha value is 1.33. The Morgan fingerprint density at radius 2 is 1.82 bits per heavy atom. The molecule has 0 atom stereocenters. The van der Waals surface area contributed by atoms with Gasteiger partial charge in [0.25, 0.3) is 10.1 Å². The van der Waals surface area contributed by atoms with Gasteiger partial charge in [-0.1, -0.05) is 0 Å². The van der Waals surface area contributed by atoms with Crippen molar-refractivity contribution in [2.45, 2.75) is 19.4 Å². The highest BCUT2D eigenvalue weighted by Gasteiger charge is 2.29.